The van der Waals surface area contributed by atoms with Crippen LogP contribution in [0.15, 0.2) is 24.3 Å². The molecule has 0 spiro atoms. The van der Waals surface area contributed by atoms with Crippen LogP contribution in [0.3, 0.4) is 0 Å². The Morgan fingerprint density at radius 1 is 1.47 bits per heavy atom. The van der Waals surface area contributed by atoms with E-state index in [1.807, 2.05) is 18.2 Å². The lowest BCUT2D eigenvalue weighted by Crippen LogP contribution is -2.13. The van der Waals surface area contributed by atoms with Crippen LogP contribution in [0.1, 0.15) is 29.3 Å². The third-order valence-corrected chi connectivity index (χ3v) is 2.20. The first kappa shape index (κ1) is 11.9. The molecule has 1 aromatic carbocycles. The zero-order chi connectivity index (χ0) is 11.3. The van der Waals surface area contributed by atoms with E-state index in [9.17, 15) is 9.90 Å². The van der Waals surface area contributed by atoms with Gasteiger partial charge >= 0.3 is 0 Å². The summed E-state index contributed by atoms with van der Waals surface area (Å²) in [6.45, 7) is 2.08. The molecule has 0 heterocycles. The molecule has 3 N–H and O–H groups in total. The summed E-state index contributed by atoms with van der Waals surface area (Å²) in [5.41, 5.74) is 6.93. The molecule has 0 amide bonds. The van der Waals surface area contributed by atoms with E-state index in [2.05, 4.69) is 0 Å². The molecule has 82 valence electrons. The standard InChI is InChI=1S/C12H17NO2/c1-9(14)8-10-4-2-3-5-11(10)12(15)6-7-13/h2-5,9,14H,6-8,13H2,1H3. The summed E-state index contributed by atoms with van der Waals surface area (Å²) in [7, 11) is 0. The van der Waals surface area contributed by atoms with Crippen LogP contribution in [0.2, 0.25) is 0 Å². The number of Topliss-reactive ketones (excluding diaryl/α,β-unsaturated/α-hetero) is 1. The molecule has 3 nitrogen and oxygen atoms in total. The van der Waals surface area contributed by atoms with Gasteiger partial charge in [-0.2, -0.15) is 0 Å². The average molecular weight is 207 g/mol. The predicted molar refractivity (Wildman–Crippen MR) is 59.8 cm³/mol. The second-order valence-corrected chi connectivity index (χ2v) is 3.67. The summed E-state index contributed by atoms with van der Waals surface area (Å²) in [6, 6.07) is 7.36. The van der Waals surface area contributed by atoms with Gasteiger partial charge in [-0.3, -0.25) is 4.79 Å². The van der Waals surface area contributed by atoms with E-state index >= 15 is 0 Å². The molecule has 3 heteroatoms. The van der Waals surface area contributed by atoms with Gasteiger partial charge in [0, 0.05) is 12.0 Å². The molecular formula is C12H17NO2. The van der Waals surface area contributed by atoms with Crippen molar-refractivity contribution in [1.29, 1.82) is 0 Å². The monoisotopic (exact) mass is 207 g/mol. The number of carbonyl (C=O) groups excluding carboxylic acids is 1. The first-order valence-electron chi connectivity index (χ1n) is 5.14. The molecule has 0 radical (unpaired) electrons. The van der Waals surface area contributed by atoms with E-state index in [1.54, 1.807) is 13.0 Å². The van der Waals surface area contributed by atoms with Crippen molar-refractivity contribution >= 4 is 5.78 Å². The molecule has 1 atom stereocenters. The van der Waals surface area contributed by atoms with Gasteiger partial charge in [-0.1, -0.05) is 24.3 Å². The van der Waals surface area contributed by atoms with Gasteiger partial charge in [-0.15, -0.1) is 0 Å². The number of benzene rings is 1. The zero-order valence-corrected chi connectivity index (χ0v) is 8.94. The Balaban J connectivity index is 2.90. The van der Waals surface area contributed by atoms with E-state index < -0.39 is 6.10 Å². The second kappa shape index (κ2) is 5.63. The van der Waals surface area contributed by atoms with Crippen LogP contribution < -0.4 is 5.73 Å². The van der Waals surface area contributed by atoms with Crippen LogP contribution in [0.5, 0.6) is 0 Å². The van der Waals surface area contributed by atoms with Gasteiger partial charge in [0.05, 0.1) is 6.10 Å². The predicted octanol–water partition coefficient (Wildman–Crippen LogP) is 1.14. The summed E-state index contributed by atoms with van der Waals surface area (Å²) >= 11 is 0. The normalized spacial score (nSPS) is 12.5. The van der Waals surface area contributed by atoms with Gasteiger partial charge in [0.15, 0.2) is 5.78 Å². The van der Waals surface area contributed by atoms with Crippen molar-refractivity contribution in [2.24, 2.45) is 5.73 Å². The highest BCUT2D eigenvalue weighted by atomic mass is 16.3. The maximum absolute atomic E-state index is 11.7. The third kappa shape index (κ3) is 3.46. The van der Waals surface area contributed by atoms with Crippen molar-refractivity contribution in [3.8, 4) is 0 Å². The lowest BCUT2D eigenvalue weighted by Gasteiger charge is -2.09. The smallest absolute Gasteiger partial charge is 0.164 e. The van der Waals surface area contributed by atoms with Crippen molar-refractivity contribution in [3.05, 3.63) is 35.4 Å². The first-order chi connectivity index (χ1) is 7.15. The van der Waals surface area contributed by atoms with Crippen LogP contribution in [0.4, 0.5) is 0 Å². The molecule has 0 saturated carbocycles. The Morgan fingerprint density at radius 3 is 2.73 bits per heavy atom. The zero-order valence-electron chi connectivity index (χ0n) is 8.94. The largest absolute Gasteiger partial charge is 0.393 e. The van der Waals surface area contributed by atoms with Crippen molar-refractivity contribution in [1.82, 2.24) is 0 Å². The second-order valence-electron chi connectivity index (χ2n) is 3.67. The molecule has 0 aromatic heterocycles. The maximum atomic E-state index is 11.7. The van der Waals surface area contributed by atoms with Crippen molar-refractivity contribution < 1.29 is 9.90 Å². The number of aliphatic hydroxyl groups excluding tert-OH is 1. The highest BCUT2D eigenvalue weighted by molar-refractivity contribution is 5.97. The van der Waals surface area contributed by atoms with Gasteiger partial charge < -0.3 is 10.8 Å². The fourth-order valence-electron chi connectivity index (χ4n) is 1.55. The van der Waals surface area contributed by atoms with E-state index in [1.165, 1.54) is 0 Å². The fraction of sp³-hybridized carbons (Fsp3) is 0.417. The lowest BCUT2D eigenvalue weighted by atomic mass is 9.98. The molecule has 0 fully saturated rings. The molecule has 15 heavy (non-hydrogen) atoms. The third-order valence-electron chi connectivity index (χ3n) is 2.20. The van der Waals surface area contributed by atoms with Gasteiger partial charge in [0.1, 0.15) is 0 Å². The van der Waals surface area contributed by atoms with Crippen LogP contribution in [0, 0.1) is 0 Å². The van der Waals surface area contributed by atoms with E-state index in [-0.39, 0.29) is 5.78 Å². The summed E-state index contributed by atoms with van der Waals surface area (Å²) in [5, 5.41) is 9.31. The van der Waals surface area contributed by atoms with Gasteiger partial charge in [0.25, 0.3) is 0 Å². The number of hydrogen-bond donors (Lipinski definition) is 2. The van der Waals surface area contributed by atoms with Crippen LogP contribution >= 0.6 is 0 Å². The maximum Gasteiger partial charge on any atom is 0.164 e. The molecule has 1 unspecified atom stereocenters. The van der Waals surface area contributed by atoms with Crippen molar-refractivity contribution in [2.45, 2.75) is 25.9 Å². The minimum absolute atomic E-state index is 0.0498. The molecule has 0 bridgehead atoms. The molecule has 1 aromatic rings. The van der Waals surface area contributed by atoms with E-state index in [0.717, 1.165) is 5.56 Å². The molecule has 1 rings (SSSR count). The Labute approximate surface area is 89.9 Å². The molecular weight excluding hydrogens is 190 g/mol. The van der Waals surface area contributed by atoms with E-state index in [4.69, 9.17) is 5.73 Å². The van der Waals surface area contributed by atoms with Crippen LogP contribution in [-0.4, -0.2) is 23.5 Å². The highest BCUT2D eigenvalue weighted by Gasteiger charge is 2.11. The summed E-state index contributed by atoms with van der Waals surface area (Å²) in [4.78, 5) is 11.7. The molecule has 0 aliphatic heterocycles. The summed E-state index contributed by atoms with van der Waals surface area (Å²) in [5.74, 6) is 0.0498. The van der Waals surface area contributed by atoms with Gasteiger partial charge in [-0.25, -0.2) is 0 Å². The Morgan fingerprint density at radius 2 is 2.13 bits per heavy atom. The summed E-state index contributed by atoms with van der Waals surface area (Å²) in [6.07, 6.45) is 0.431. The number of rotatable bonds is 5. The van der Waals surface area contributed by atoms with Gasteiger partial charge in [-0.05, 0) is 25.5 Å². The SMILES string of the molecule is CC(O)Cc1ccccc1C(=O)CCN. The topological polar surface area (TPSA) is 63.3 Å². The van der Waals surface area contributed by atoms with Crippen molar-refractivity contribution in [3.63, 3.8) is 0 Å². The number of ketones is 1. The van der Waals surface area contributed by atoms with Crippen molar-refractivity contribution in [2.75, 3.05) is 6.54 Å². The van der Waals surface area contributed by atoms with E-state index in [0.29, 0.717) is 24.9 Å². The number of aliphatic hydroxyl groups is 1. The van der Waals surface area contributed by atoms with Crippen LogP contribution in [-0.2, 0) is 6.42 Å². The Kier molecular flexibility index (Phi) is 4.46. The van der Waals surface area contributed by atoms with Gasteiger partial charge in [0.2, 0.25) is 0 Å². The number of carbonyl (C=O) groups is 1. The Hall–Kier alpha value is -1.19. The summed E-state index contributed by atoms with van der Waals surface area (Å²) < 4.78 is 0. The average Bonchev–Trinajstić information content (AvgIpc) is 2.18. The molecule has 0 saturated heterocycles. The molecule has 0 aliphatic rings. The minimum Gasteiger partial charge on any atom is -0.393 e. The van der Waals surface area contributed by atoms with Crippen LogP contribution in [0.25, 0.3) is 0 Å². The quantitative estimate of drug-likeness (QED) is 0.712. The number of nitrogens with two attached hydrogens (primary N) is 1. The Bertz CT molecular complexity index is 334. The highest BCUT2D eigenvalue weighted by Crippen LogP contribution is 2.13. The minimum atomic E-state index is -0.433. The fourth-order valence-corrected chi connectivity index (χ4v) is 1.55. The first-order valence-corrected chi connectivity index (χ1v) is 5.14. The lowest BCUT2D eigenvalue weighted by molar-refractivity contribution is 0.0984. The number of hydrogen-bond acceptors (Lipinski definition) is 3. The molecule has 0 aliphatic carbocycles.